The highest BCUT2D eigenvalue weighted by Gasteiger charge is 2.23. The van der Waals surface area contributed by atoms with Crippen molar-refractivity contribution in [2.45, 2.75) is 27.2 Å². The topological polar surface area (TPSA) is 40.6 Å². The van der Waals surface area contributed by atoms with Crippen LogP contribution in [-0.2, 0) is 11.2 Å². The van der Waals surface area contributed by atoms with Gasteiger partial charge in [0.25, 0.3) is 5.91 Å². The Balaban J connectivity index is 2.20. The SMILES string of the molecule is CC(=O)N1CCc2cc(C(=O)N(C)CC(C)C)ccc21. The number of rotatable bonds is 3. The van der Waals surface area contributed by atoms with Gasteiger partial charge in [-0.15, -0.1) is 0 Å². The molecule has 1 heterocycles. The highest BCUT2D eigenvalue weighted by molar-refractivity contribution is 5.97. The first kappa shape index (κ1) is 14.6. The first-order valence-electron chi connectivity index (χ1n) is 7.06. The summed E-state index contributed by atoms with van der Waals surface area (Å²) >= 11 is 0. The van der Waals surface area contributed by atoms with Gasteiger partial charge in [-0.1, -0.05) is 13.8 Å². The summed E-state index contributed by atoms with van der Waals surface area (Å²) in [5.41, 5.74) is 2.74. The molecule has 0 unspecified atom stereocenters. The maximum Gasteiger partial charge on any atom is 0.253 e. The Morgan fingerprint density at radius 2 is 2.05 bits per heavy atom. The maximum absolute atomic E-state index is 12.3. The van der Waals surface area contributed by atoms with Crippen molar-refractivity contribution in [2.24, 2.45) is 5.92 Å². The van der Waals surface area contributed by atoms with E-state index in [4.69, 9.17) is 0 Å². The fourth-order valence-electron chi connectivity index (χ4n) is 2.71. The standard InChI is InChI=1S/C16H22N2O2/c1-11(2)10-17(4)16(20)14-5-6-15-13(9-14)7-8-18(15)12(3)19/h5-6,9,11H,7-8,10H2,1-4H3. The zero-order valence-electron chi connectivity index (χ0n) is 12.6. The van der Waals surface area contributed by atoms with Crippen LogP contribution < -0.4 is 4.90 Å². The number of carbonyl (C=O) groups excluding carboxylic acids is 2. The highest BCUT2D eigenvalue weighted by Crippen LogP contribution is 2.29. The predicted octanol–water partition coefficient (Wildman–Crippen LogP) is 2.32. The minimum Gasteiger partial charge on any atom is -0.341 e. The van der Waals surface area contributed by atoms with Gasteiger partial charge in [0, 0.05) is 38.3 Å². The van der Waals surface area contributed by atoms with E-state index < -0.39 is 0 Å². The highest BCUT2D eigenvalue weighted by atomic mass is 16.2. The molecule has 2 rings (SSSR count). The van der Waals surface area contributed by atoms with E-state index >= 15 is 0 Å². The van der Waals surface area contributed by atoms with Crippen molar-refractivity contribution in [3.63, 3.8) is 0 Å². The van der Waals surface area contributed by atoms with Crippen LogP contribution in [0.15, 0.2) is 18.2 Å². The summed E-state index contributed by atoms with van der Waals surface area (Å²) in [4.78, 5) is 27.4. The van der Waals surface area contributed by atoms with Crippen LogP contribution in [0.3, 0.4) is 0 Å². The van der Waals surface area contributed by atoms with Crippen LogP contribution in [0, 0.1) is 5.92 Å². The molecule has 0 saturated heterocycles. The van der Waals surface area contributed by atoms with Gasteiger partial charge in [0.05, 0.1) is 0 Å². The molecule has 1 aliphatic heterocycles. The lowest BCUT2D eigenvalue weighted by atomic mass is 10.1. The van der Waals surface area contributed by atoms with Crippen molar-refractivity contribution in [1.82, 2.24) is 4.90 Å². The van der Waals surface area contributed by atoms with E-state index in [1.807, 2.05) is 25.2 Å². The third kappa shape index (κ3) is 2.84. The second-order valence-corrected chi connectivity index (χ2v) is 5.84. The quantitative estimate of drug-likeness (QED) is 0.848. The summed E-state index contributed by atoms with van der Waals surface area (Å²) in [6, 6.07) is 5.64. The van der Waals surface area contributed by atoms with Gasteiger partial charge in [0.2, 0.25) is 5.91 Å². The van der Waals surface area contributed by atoms with Crippen molar-refractivity contribution in [3.05, 3.63) is 29.3 Å². The van der Waals surface area contributed by atoms with E-state index in [1.165, 1.54) is 0 Å². The summed E-state index contributed by atoms with van der Waals surface area (Å²) in [5, 5.41) is 0. The number of fused-ring (bicyclic) bond motifs is 1. The van der Waals surface area contributed by atoms with Gasteiger partial charge in [-0.05, 0) is 36.1 Å². The molecule has 0 bridgehead atoms. The van der Waals surface area contributed by atoms with Crippen LogP contribution in [0.1, 0.15) is 36.7 Å². The Kier molecular flexibility index (Phi) is 4.12. The van der Waals surface area contributed by atoms with Crippen LogP contribution in [-0.4, -0.2) is 36.9 Å². The Hall–Kier alpha value is -1.84. The molecule has 4 nitrogen and oxygen atoms in total. The molecule has 1 aromatic rings. The summed E-state index contributed by atoms with van der Waals surface area (Å²) in [7, 11) is 1.83. The van der Waals surface area contributed by atoms with E-state index in [-0.39, 0.29) is 11.8 Å². The van der Waals surface area contributed by atoms with Gasteiger partial charge < -0.3 is 9.80 Å². The monoisotopic (exact) mass is 274 g/mol. The van der Waals surface area contributed by atoms with Crippen LogP contribution in [0.25, 0.3) is 0 Å². The zero-order chi connectivity index (χ0) is 14.9. The molecule has 20 heavy (non-hydrogen) atoms. The van der Waals surface area contributed by atoms with E-state index in [0.29, 0.717) is 18.0 Å². The number of amides is 2. The second-order valence-electron chi connectivity index (χ2n) is 5.84. The molecule has 0 radical (unpaired) electrons. The summed E-state index contributed by atoms with van der Waals surface area (Å²) in [6.07, 6.45) is 0.823. The Morgan fingerprint density at radius 1 is 1.35 bits per heavy atom. The largest absolute Gasteiger partial charge is 0.341 e. The predicted molar refractivity (Wildman–Crippen MR) is 80.0 cm³/mol. The summed E-state index contributed by atoms with van der Waals surface area (Å²) in [5.74, 6) is 0.550. The van der Waals surface area contributed by atoms with Crippen LogP contribution in [0.4, 0.5) is 5.69 Å². The molecule has 0 fully saturated rings. The lowest BCUT2D eigenvalue weighted by Gasteiger charge is -2.20. The molecular weight excluding hydrogens is 252 g/mol. The van der Waals surface area contributed by atoms with Crippen molar-refractivity contribution in [1.29, 1.82) is 0 Å². The second kappa shape index (κ2) is 5.65. The lowest BCUT2D eigenvalue weighted by molar-refractivity contribution is -0.116. The molecule has 2 amide bonds. The average molecular weight is 274 g/mol. The normalized spacial score (nSPS) is 13.6. The van der Waals surface area contributed by atoms with Crippen LogP contribution in [0.2, 0.25) is 0 Å². The summed E-state index contributed by atoms with van der Waals surface area (Å²) in [6.45, 7) is 7.22. The molecule has 0 atom stereocenters. The molecule has 0 saturated carbocycles. The van der Waals surface area contributed by atoms with Gasteiger partial charge in [0.15, 0.2) is 0 Å². The molecule has 1 aliphatic rings. The van der Waals surface area contributed by atoms with Gasteiger partial charge in [-0.2, -0.15) is 0 Å². The van der Waals surface area contributed by atoms with Gasteiger partial charge in [-0.25, -0.2) is 0 Å². The Bertz CT molecular complexity index is 537. The molecule has 0 aromatic heterocycles. The van der Waals surface area contributed by atoms with Crippen molar-refractivity contribution in [2.75, 3.05) is 25.0 Å². The molecule has 0 aliphatic carbocycles. The Morgan fingerprint density at radius 3 is 2.65 bits per heavy atom. The first-order chi connectivity index (χ1) is 9.40. The molecule has 108 valence electrons. The van der Waals surface area contributed by atoms with E-state index in [2.05, 4.69) is 13.8 Å². The smallest absolute Gasteiger partial charge is 0.253 e. The molecular formula is C16H22N2O2. The molecule has 1 aromatic carbocycles. The van der Waals surface area contributed by atoms with Gasteiger partial charge in [0.1, 0.15) is 0 Å². The Labute approximate surface area is 120 Å². The number of anilines is 1. The maximum atomic E-state index is 12.3. The summed E-state index contributed by atoms with van der Waals surface area (Å²) < 4.78 is 0. The van der Waals surface area contributed by atoms with Crippen molar-refractivity contribution < 1.29 is 9.59 Å². The number of carbonyl (C=O) groups is 2. The van der Waals surface area contributed by atoms with Crippen molar-refractivity contribution >= 4 is 17.5 Å². The fourth-order valence-corrected chi connectivity index (χ4v) is 2.71. The minimum atomic E-state index is 0.0442. The van der Waals surface area contributed by atoms with E-state index in [9.17, 15) is 9.59 Å². The number of benzene rings is 1. The number of hydrogen-bond acceptors (Lipinski definition) is 2. The van der Waals surface area contributed by atoms with E-state index in [1.54, 1.807) is 16.7 Å². The lowest BCUT2D eigenvalue weighted by Crippen LogP contribution is -2.30. The molecule has 0 N–H and O–H groups in total. The van der Waals surface area contributed by atoms with Gasteiger partial charge >= 0.3 is 0 Å². The third-order valence-electron chi connectivity index (χ3n) is 3.59. The average Bonchev–Trinajstić information content (AvgIpc) is 2.79. The van der Waals surface area contributed by atoms with Crippen LogP contribution >= 0.6 is 0 Å². The van der Waals surface area contributed by atoms with Gasteiger partial charge in [-0.3, -0.25) is 9.59 Å². The number of hydrogen-bond donors (Lipinski definition) is 0. The van der Waals surface area contributed by atoms with Crippen LogP contribution in [0.5, 0.6) is 0 Å². The number of nitrogens with zero attached hydrogens (tertiary/aromatic N) is 2. The molecule has 4 heteroatoms. The van der Waals surface area contributed by atoms with Crippen molar-refractivity contribution in [3.8, 4) is 0 Å². The third-order valence-corrected chi connectivity index (χ3v) is 3.59. The first-order valence-corrected chi connectivity index (χ1v) is 7.06. The van der Waals surface area contributed by atoms with E-state index in [0.717, 1.165) is 24.2 Å². The molecule has 0 spiro atoms. The zero-order valence-corrected chi connectivity index (χ0v) is 12.6. The minimum absolute atomic E-state index is 0.0442. The fraction of sp³-hybridized carbons (Fsp3) is 0.500.